The van der Waals surface area contributed by atoms with Gasteiger partial charge >= 0.3 is 5.09 Å². The van der Waals surface area contributed by atoms with Crippen LogP contribution >= 0.6 is 10.3 Å². The molecule has 0 N–H and O–H groups in total. The van der Waals surface area contributed by atoms with Crippen LogP contribution in [0.3, 0.4) is 0 Å². The minimum absolute atomic E-state index is 0.0246. The molecule has 0 radical (unpaired) electrons. The number of hydrogen-bond acceptors (Lipinski definition) is 3. The van der Waals surface area contributed by atoms with Crippen LogP contribution in [0.25, 0.3) is 0 Å². The van der Waals surface area contributed by atoms with Gasteiger partial charge in [-0.25, -0.2) is 4.28 Å². The molecule has 3 rings (SSSR count). The molecule has 5 heteroatoms. The fourth-order valence-electron chi connectivity index (χ4n) is 4.07. The first kappa shape index (κ1) is 26.8. The molecule has 0 fully saturated rings. The monoisotopic (exact) mass is 493 g/mol. The highest BCUT2D eigenvalue weighted by atomic mass is 32.3. The van der Waals surface area contributed by atoms with Crippen molar-refractivity contribution in [1.29, 1.82) is 0 Å². The van der Waals surface area contributed by atoms with E-state index in [1.54, 1.807) is 0 Å². The molecule has 0 aromatic heterocycles. The molecule has 3 aromatic carbocycles. The van der Waals surface area contributed by atoms with Crippen molar-refractivity contribution in [1.82, 2.24) is 0 Å². The minimum Gasteiger partial charge on any atom is -0.250 e. The molecule has 0 amide bonds. The summed E-state index contributed by atoms with van der Waals surface area (Å²) in [6, 6.07) is 24.3. The normalized spacial score (nSPS) is 13.4. The summed E-state index contributed by atoms with van der Waals surface area (Å²) < 4.78 is 5.78. The van der Waals surface area contributed by atoms with E-state index in [1.807, 2.05) is 36.4 Å². The van der Waals surface area contributed by atoms with Crippen LogP contribution < -0.4 is 0 Å². The van der Waals surface area contributed by atoms with Crippen molar-refractivity contribution in [3.63, 3.8) is 0 Å². The Morgan fingerprint density at radius 3 is 0.943 bits per heavy atom. The molecule has 0 heterocycles. The number of hydrogen-bond donors (Lipinski definition) is 0. The molecule has 0 saturated heterocycles. The third kappa shape index (κ3) is 5.72. The fraction of sp³-hybridized carbons (Fsp3) is 0.400. The van der Waals surface area contributed by atoms with Gasteiger partial charge in [0, 0.05) is 14.7 Å². The van der Waals surface area contributed by atoms with E-state index in [-0.39, 0.29) is 16.2 Å². The Labute approximate surface area is 212 Å². The van der Waals surface area contributed by atoms with E-state index in [9.17, 15) is 10.1 Å². The maximum absolute atomic E-state index is 12.0. The van der Waals surface area contributed by atoms with E-state index in [2.05, 4.69) is 98.7 Å². The van der Waals surface area contributed by atoms with Gasteiger partial charge in [0.25, 0.3) is 0 Å². The Morgan fingerprint density at radius 1 is 0.543 bits per heavy atom. The van der Waals surface area contributed by atoms with Crippen LogP contribution in [-0.4, -0.2) is 5.09 Å². The van der Waals surface area contributed by atoms with Crippen molar-refractivity contribution in [3.8, 4) is 0 Å². The summed E-state index contributed by atoms with van der Waals surface area (Å²) in [5.41, 5.74) is 3.43. The highest BCUT2D eigenvalue weighted by Crippen LogP contribution is 2.69. The Kier molecular flexibility index (Phi) is 7.16. The molecule has 35 heavy (non-hydrogen) atoms. The molecule has 0 unspecified atom stereocenters. The quantitative estimate of drug-likeness (QED) is 0.263. The molecule has 3 aromatic rings. The van der Waals surface area contributed by atoms with Crippen LogP contribution in [0.4, 0.5) is 0 Å². The van der Waals surface area contributed by atoms with Crippen molar-refractivity contribution >= 4 is 10.3 Å². The molecule has 0 atom stereocenters. The average Bonchev–Trinajstić information content (AvgIpc) is 2.76. The predicted octanol–water partition coefficient (Wildman–Crippen LogP) is 8.98. The van der Waals surface area contributed by atoms with Gasteiger partial charge in [-0.1, -0.05) is 98.7 Å². The molecule has 0 aliphatic heterocycles. The Hall–Kier alpha value is -2.79. The lowest BCUT2D eigenvalue weighted by molar-refractivity contribution is -0.710. The summed E-state index contributed by atoms with van der Waals surface area (Å²) >= 11 is 0. The zero-order chi connectivity index (χ0) is 26.2. The molecule has 0 aliphatic rings. The lowest BCUT2D eigenvalue weighted by Gasteiger charge is -2.39. The van der Waals surface area contributed by atoms with Crippen LogP contribution in [0.5, 0.6) is 0 Å². The van der Waals surface area contributed by atoms with Gasteiger partial charge in [0.05, 0.1) is 0 Å². The van der Waals surface area contributed by atoms with Crippen LogP contribution in [0, 0.1) is 10.1 Å². The van der Waals surface area contributed by atoms with Crippen molar-refractivity contribution in [3.05, 3.63) is 99.6 Å². The van der Waals surface area contributed by atoms with Crippen LogP contribution in [-0.2, 0) is 20.5 Å². The molecular weight excluding hydrogens is 454 g/mol. The van der Waals surface area contributed by atoms with Crippen molar-refractivity contribution in [2.45, 2.75) is 93.2 Å². The first-order valence-electron chi connectivity index (χ1n) is 12.0. The van der Waals surface area contributed by atoms with Crippen molar-refractivity contribution in [2.75, 3.05) is 0 Å². The van der Waals surface area contributed by atoms with Gasteiger partial charge in [-0.15, -0.1) is 10.1 Å². The zero-order valence-corrected chi connectivity index (χ0v) is 23.3. The van der Waals surface area contributed by atoms with E-state index in [0.717, 1.165) is 14.7 Å². The van der Waals surface area contributed by atoms with Gasteiger partial charge in [-0.05, 0) is 79.6 Å². The second-order valence-corrected chi connectivity index (χ2v) is 14.9. The summed E-state index contributed by atoms with van der Waals surface area (Å²) in [5, 5.41) is 11.4. The summed E-state index contributed by atoms with van der Waals surface area (Å²) in [4.78, 5) is 14.4. The molecule has 0 spiro atoms. The SMILES string of the molecule is CC(C)(C)c1ccc(S(O[N+](=O)[O-])(c2ccc(C(C)(C)C)cc2)c2ccc(C(C)(C)C)cc2)cc1. The van der Waals surface area contributed by atoms with E-state index >= 15 is 0 Å². The van der Waals surface area contributed by atoms with Gasteiger partial charge < -0.3 is 0 Å². The van der Waals surface area contributed by atoms with E-state index in [1.165, 1.54) is 16.7 Å². The standard InChI is InChI=1S/C30H39NO3S/c1-28(2,3)22-10-16-25(17-11-22)35(34-31(32)33,26-18-12-23(13-19-26)29(4,5)6)27-20-14-24(15-21-27)30(7,8)9/h10-21H,1-9H3. The second-order valence-electron chi connectivity index (χ2n) is 12.2. The predicted molar refractivity (Wildman–Crippen MR) is 146 cm³/mol. The number of rotatable bonds is 5. The lowest BCUT2D eigenvalue weighted by Crippen LogP contribution is -2.16. The van der Waals surface area contributed by atoms with Crippen LogP contribution in [0.15, 0.2) is 87.5 Å². The molecule has 0 bridgehead atoms. The lowest BCUT2D eigenvalue weighted by atomic mass is 9.87. The maximum Gasteiger partial charge on any atom is 0.305 e. The third-order valence-corrected chi connectivity index (χ3v) is 9.48. The second kappa shape index (κ2) is 9.34. The number of benzene rings is 3. The largest absolute Gasteiger partial charge is 0.305 e. The van der Waals surface area contributed by atoms with Crippen molar-refractivity contribution in [2.24, 2.45) is 0 Å². The average molecular weight is 494 g/mol. The summed E-state index contributed by atoms with van der Waals surface area (Å²) in [7, 11) is -2.62. The molecule has 0 saturated carbocycles. The summed E-state index contributed by atoms with van der Waals surface area (Å²) in [6.07, 6.45) is 0. The van der Waals surface area contributed by atoms with Crippen molar-refractivity contribution < 1.29 is 9.37 Å². The fourth-order valence-corrected chi connectivity index (χ4v) is 6.88. The highest BCUT2D eigenvalue weighted by molar-refractivity contribution is 8.29. The Bertz CT molecular complexity index is 1020. The first-order chi connectivity index (χ1) is 16.0. The molecular formula is C30H39NO3S. The molecule has 4 nitrogen and oxygen atoms in total. The highest BCUT2D eigenvalue weighted by Gasteiger charge is 2.36. The Morgan fingerprint density at radius 2 is 0.771 bits per heavy atom. The van der Waals surface area contributed by atoms with Gasteiger partial charge in [0.15, 0.2) is 0 Å². The summed E-state index contributed by atoms with van der Waals surface area (Å²) in [6.45, 7) is 19.4. The van der Waals surface area contributed by atoms with E-state index in [4.69, 9.17) is 4.28 Å². The number of nitrogens with zero attached hydrogens (tertiary/aromatic N) is 1. The topological polar surface area (TPSA) is 52.4 Å². The molecule has 188 valence electrons. The van der Waals surface area contributed by atoms with Gasteiger partial charge in [-0.3, -0.25) is 0 Å². The molecule has 0 aliphatic carbocycles. The minimum atomic E-state index is -2.62. The van der Waals surface area contributed by atoms with Crippen LogP contribution in [0.2, 0.25) is 0 Å². The van der Waals surface area contributed by atoms with Crippen LogP contribution in [0.1, 0.15) is 79.0 Å². The first-order valence-corrected chi connectivity index (χ1v) is 13.6. The maximum atomic E-state index is 12.0. The summed E-state index contributed by atoms with van der Waals surface area (Å²) in [5.74, 6) is 0. The van der Waals surface area contributed by atoms with Gasteiger partial charge in [0.1, 0.15) is 0 Å². The Balaban J connectivity index is 2.31. The van der Waals surface area contributed by atoms with E-state index in [0.29, 0.717) is 0 Å². The zero-order valence-electron chi connectivity index (χ0n) is 22.5. The third-order valence-electron chi connectivity index (χ3n) is 6.33. The van der Waals surface area contributed by atoms with Gasteiger partial charge in [-0.2, -0.15) is 0 Å². The van der Waals surface area contributed by atoms with E-state index < -0.39 is 15.4 Å². The smallest absolute Gasteiger partial charge is 0.250 e. The van der Waals surface area contributed by atoms with Gasteiger partial charge in [0.2, 0.25) is 0 Å².